The van der Waals surface area contributed by atoms with Crippen molar-refractivity contribution in [3.8, 4) is 5.75 Å². The van der Waals surface area contributed by atoms with Crippen molar-refractivity contribution >= 4 is 11.7 Å². The molecule has 1 aliphatic rings. The number of unbranched alkanes of at least 4 members (excludes halogenated alkanes) is 2. The molecule has 31 heavy (non-hydrogen) atoms. The van der Waals surface area contributed by atoms with Crippen LogP contribution in [-0.2, 0) is 9.59 Å². The van der Waals surface area contributed by atoms with Gasteiger partial charge in [-0.3, -0.25) is 9.59 Å². The molecule has 1 aliphatic heterocycles. The Labute approximate surface area is 186 Å². The summed E-state index contributed by atoms with van der Waals surface area (Å²) in [7, 11) is 0. The fourth-order valence-corrected chi connectivity index (χ4v) is 4.07. The Morgan fingerprint density at radius 1 is 1.03 bits per heavy atom. The van der Waals surface area contributed by atoms with Gasteiger partial charge < -0.3 is 19.6 Å². The number of nitrogens with zero attached hydrogens (tertiary/aromatic N) is 2. The standard InChI is InChI=1S/C25H38N2O4/c1-5-8-15-26(16-9-6-2)17-10-18-27-23(22(19(4)28)24(29)25(27)30)20-11-13-21(14-12-20)31-7-3/h11-14,23,29H,5-10,15-18H2,1-4H3/t23-/m1/s1. The van der Waals surface area contributed by atoms with E-state index in [0.717, 1.165) is 63.1 Å². The van der Waals surface area contributed by atoms with Crippen LogP contribution in [-0.4, -0.2) is 59.4 Å². The Morgan fingerprint density at radius 2 is 1.61 bits per heavy atom. The number of ether oxygens (including phenoxy) is 1. The summed E-state index contributed by atoms with van der Waals surface area (Å²) >= 11 is 0. The minimum Gasteiger partial charge on any atom is -0.503 e. The fraction of sp³-hybridized carbons (Fsp3) is 0.600. The average molecular weight is 431 g/mol. The minimum absolute atomic E-state index is 0.183. The number of amides is 1. The van der Waals surface area contributed by atoms with Gasteiger partial charge in [-0.25, -0.2) is 0 Å². The SMILES string of the molecule is CCCCN(CCCC)CCCN1C(=O)C(O)=C(C(C)=O)[C@H]1c1ccc(OCC)cc1. The Morgan fingerprint density at radius 3 is 2.13 bits per heavy atom. The molecular weight excluding hydrogens is 392 g/mol. The van der Waals surface area contributed by atoms with Crippen LogP contribution in [0.15, 0.2) is 35.6 Å². The van der Waals surface area contributed by atoms with Crippen molar-refractivity contribution in [2.75, 3.05) is 32.8 Å². The number of carbonyl (C=O) groups excluding carboxylic acids is 2. The maximum atomic E-state index is 12.8. The molecule has 1 aromatic rings. The number of Topliss-reactive ketones (excluding diaryl/α,β-unsaturated/α-hetero) is 1. The first-order chi connectivity index (χ1) is 14.9. The molecule has 0 aromatic heterocycles. The van der Waals surface area contributed by atoms with Crippen LogP contribution in [0.4, 0.5) is 0 Å². The van der Waals surface area contributed by atoms with E-state index < -0.39 is 17.7 Å². The Kier molecular flexibility index (Phi) is 10.0. The van der Waals surface area contributed by atoms with E-state index in [0.29, 0.717) is 13.2 Å². The van der Waals surface area contributed by atoms with Gasteiger partial charge in [0.1, 0.15) is 5.75 Å². The second-order valence-corrected chi connectivity index (χ2v) is 8.12. The smallest absolute Gasteiger partial charge is 0.290 e. The first-order valence-electron chi connectivity index (χ1n) is 11.6. The van der Waals surface area contributed by atoms with Crippen LogP contribution in [0.5, 0.6) is 5.75 Å². The second kappa shape index (κ2) is 12.5. The zero-order chi connectivity index (χ0) is 22.8. The molecule has 1 atom stereocenters. The van der Waals surface area contributed by atoms with Crippen LogP contribution in [0.1, 0.15) is 71.4 Å². The molecule has 1 heterocycles. The normalized spacial score (nSPS) is 16.5. The predicted molar refractivity (Wildman–Crippen MR) is 123 cm³/mol. The molecule has 1 aromatic carbocycles. The lowest BCUT2D eigenvalue weighted by atomic mass is 9.96. The van der Waals surface area contributed by atoms with Crippen LogP contribution in [0.2, 0.25) is 0 Å². The van der Waals surface area contributed by atoms with Crippen LogP contribution < -0.4 is 4.74 Å². The molecule has 2 rings (SSSR count). The van der Waals surface area contributed by atoms with Gasteiger partial charge in [0.25, 0.3) is 5.91 Å². The summed E-state index contributed by atoms with van der Waals surface area (Å²) in [6.07, 6.45) is 5.45. The van der Waals surface area contributed by atoms with Crippen molar-refractivity contribution in [3.05, 3.63) is 41.2 Å². The third-order valence-electron chi connectivity index (χ3n) is 5.72. The monoisotopic (exact) mass is 430 g/mol. The van der Waals surface area contributed by atoms with Gasteiger partial charge in [0.2, 0.25) is 0 Å². The first kappa shape index (κ1) is 24.9. The Bertz CT molecular complexity index is 749. The quantitative estimate of drug-likeness (QED) is 0.465. The minimum atomic E-state index is -0.555. The Balaban J connectivity index is 2.15. The topological polar surface area (TPSA) is 70.1 Å². The first-order valence-corrected chi connectivity index (χ1v) is 11.6. The number of benzene rings is 1. The van der Waals surface area contributed by atoms with Crippen molar-refractivity contribution in [2.24, 2.45) is 0 Å². The fourth-order valence-electron chi connectivity index (χ4n) is 4.07. The van der Waals surface area contributed by atoms with Gasteiger partial charge in [0.15, 0.2) is 11.5 Å². The third kappa shape index (κ3) is 6.57. The maximum Gasteiger partial charge on any atom is 0.290 e. The van der Waals surface area contributed by atoms with E-state index in [2.05, 4.69) is 18.7 Å². The molecule has 0 bridgehead atoms. The van der Waals surface area contributed by atoms with Crippen molar-refractivity contribution in [2.45, 2.75) is 65.8 Å². The number of hydrogen-bond donors (Lipinski definition) is 1. The molecular formula is C25H38N2O4. The number of aliphatic hydroxyl groups excluding tert-OH is 1. The van der Waals surface area contributed by atoms with E-state index in [1.165, 1.54) is 6.92 Å². The van der Waals surface area contributed by atoms with Crippen LogP contribution in [0.3, 0.4) is 0 Å². The van der Waals surface area contributed by atoms with Crippen molar-refractivity contribution < 1.29 is 19.4 Å². The van der Waals surface area contributed by atoms with Crippen molar-refractivity contribution in [1.29, 1.82) is 0 Å². The lowest BCUT2D eigenvalue weighted by Crippen LogP contribution is -2.35. The summed E-state index contributed by atoms with van der Waals surface area (Å²) < 4.78 is 5.51. The third-order valence-corrected chi connectivity index (χ3v) is 5.72. The van der Waals surface area contributed by atoms with Gasteiger partial charge in [-0.15, -0.1) is 0 Å². The van der Waals surface area contributed by atoms with E-state index in [9.17, 15) is 14.7 Å². The molecule has 0 saturated heterocycles. The zero-order valence-electron chi connectivity index (χ0n) is 19.5. The van der Waals surface area contributed by atoms with E-state index >= 15 is 0 Å². The lowest BCUT2D eigenvalue weighted by Gasteiger charge is -2.28. The molecule has 1 amide bonds. The highest BCUT2D eigenvalue weighted by Gasteiger charge is 2.42. The predicted octanol–water partition coefficient (Wildman–Crippen LogP) is 4.66. The summed E-state index contributed by atoms with van der Waals surface area (Å²) in [4.78, 5) is 29.2. The summed E-state index contributed by atoms with van der Waals surface area (Å²) in [6, 6.07) is 6.86. The highest BCUT2D eigenvalue weighted by molar-refractivity contribution is 6.08. The number of carbonyl (C=O) groups is 2. The molecule has 0 radical (unpaired) electrons. The van der Waals surface area contributed by atoms with Crippen LogP contribution in [0.25, 0.3) is 0 Å². The molecule has 0 fully saturated rings. The van der Waals surface area contributed by atoms with Gasteiger partial charge in [0, 0.05) is 6.54 Å². The highest BCUT2D eigenvalue weighted by Crippen LogP contribution is 2.38. The van der Waals surface area contributed by atoms with Gasteiger partial charge in [-0.2, -0.15) is 0 Å². The van der Waals surface area contributed by atoms with E-state index in [1.807, 2.05) is 31.2 Å². The van der Waals surface area contributed by atoms with Gasteiger partial charge in [0.05, 0.1) is 18.2 Å². The zero-order valence-corrected chi connectivity index (χ0v) is 19.5. The summed E-state index contributed by atoms with van der Waals surface area (Å²) in [5.41, 5.74) is 0.989. The van der Waals surface area contributed by atoms with Gasteiger partial charge in [-0.1, -0.05) is 38.8 Å². The largest absolute Gasteiger partial charge is 0.503 e. The van der Waals surface area contributed by atoms with Gasteiger partial charge in [-0.05, 0) is 70.4 Å². The lowest BCUT2D eigenvalue weighted by molar-refractivity contribution is -0.129. The molecule has 0 aliphatic carbocycles. The average Bonchev–Trinajstić information content (AvgIpc) is 3.01. The molecule has 6 heteroatoms. The molecule has 1 N–H and O–H groups in total. The number of ketones is 1. The van der Waals surface area contributed by atoms with E-state index in [-0.39, 0.29) is 11.4 Å². The van der Waals surface area contributed by atoms with Gasteiger partial charge >= 0.3 is 0 Å². The highest BCUT2D eigenvalue weighted by atomic mass is 16.5. The van der Waals surface area contributed by atoms with Crippen molar-refractivity contribution in [1.82, 2.24) is 9.80 Å². The summed E-state index contributed by atoms with van der Waals surface area (Å²) in [6.45, 7) is 11.8. The summed E-state index contributed by atoms with van der Waals surface area (Å²) in [5, 5.41) is 10.4. The number of hydrogen-bond acceptors (Lipinski definition) is 5. The number of rotatable bonds is 14. The number of aliphatic hydroxyl groups is 1. The molecule has 0 saturated carbocycles. The van der Waals surface area contributed by atoms with Crippen LogP contribution in [0, 0.1) is 0 Å². The van der Waals surface area contributed by atoms with Crippen LogP contribution >= 0.6 is 0 Å². The van der Waals surface area contributed by atoms with Crippen molar-refractivity contribution in [3.63, 3.8) is 0 Å². The molecule has 172 valence electrons. The maximum absolute atomic E-state index is 12.8. The summed E-state index contributed by atoms with van der Waals surface area (Å²) in [5.74, 6) is -0.417. The van der Waals surface area contributed by atoms with E-state index in [4.69, 9.17) is 4.74 Å². The Hall–Kier alpha value is -2.34. The molecule has 0 spiro atoms. The van der Waals surface area contributed by atoms with E-state index in [1.54, 1.807) is 4.90 Å². The molecule has 0 unspecified atom stereocenters. The molecule has 6 nitrogen and oxygen atoms in total. The second-order valence-electron chi connectivity index (χ2n) is 8.12.